The van der Waals surface area contributed by atoms with Crippen molar-refractivity contribution >= 4 is 15.9 Å². The van der Waals surface area contributed by atoms with Gasteiger partial charge in [-0.1, -0.05) is 29.4 Å². The van der Waals surface area contributed by atoms with Crippen LogP contribution in [0.25, 0.3) is 11.3 Å². The van der Waals surface area contributed by atoms with Crippen LogP contribution < -0.4 is 5.32 Å². The number of hydrogen-bond acceptors (Lipinski definition) is 6. The van der Waals surface area contributed by atoms with Gasteiger partial charge in [0.2, 0.25) is 10.0 Å². The second kappa shape index (κ2) is 8.96. The van der Waals surface area contributed by atoms with Crippen LogP contribution in [0.3, 0.4) is 0 Å². The highest BCUT2D eigenvalue weighted by Gasteiger charge is 2.26. The molecule has 0 spiro atoms. The zero-order valence-electron chi connectivity index (χ0n) is 16.5. The molecule has 162 valence electrons. The summed E-state index contributed by atoms with van der Waals surface area (Å²) >= 11 is 0. The van der Waals surface area contributed by atoms with E-state index < -0.39 is 21.7 Å². The third kappa shape index (κ3) is 4.66. The molecule has 1 saturated heterocycles. The van der Waals surface area contributed by atoms with Crippen molar-refractivity contribution in [2.75, 3.05) is 26.3 Å². The van der Waals surface area contributed by atoms with E-state index in [9.17, 15) is 17.6 Å². The fourth-order valence-corrected chi connectivity index (χ4v) is 4.57. The molecule has 1 aliphatic rings. The van der Waals surface area contributed by atoms with Crippen LogP contribution in [0.2, 0.25) is 0 Å². The number of rotatable bonds is 6. The molecule has 10 heteroatoms. The van der Waals surface area contributed by atoms with Crippen LogP contribution in [0.15, 0.2) is 64.0 Å². The molecule has 0 aliphatic carbocycles. The van der Waals surface area contributed by atoms with Crippen LogP contribution in [0.1, 0.15) is 16.1 Å². The van der Waals surface area contributed by atoms with Crippen LogP contribution in [0.4, 0.5) is 4.39 Å². The summed E-state index contributed by atoms with van der Waals surface area (Å²) < 4.78 is 50.8. The molecule has 4 rings (SSSR count). The number of benzene rings is 2. The van der Waals surface area contributed by atoms with Gasteiger partial charge in [0.15, 0.2) is 11.5 Å². The topological polar surface area (TPSA) is 102 Å². The van der Waals surface area contributed by atoms with Crippen LogP contribution >= 0.6 is 0 Å². The molecule has 1 aromatic heterocycles. The summed E-state index contributed by atoms with van der Waals surface area (Å²) in [6.45, 7) is 1.58. The quantitative estimate of drug-likeness (QED) is 0.625. The number of amides is 1. The number of hydrogen-bond donors (Lipinski definition) is 1. The van der Waals surface area contributed by atoms with Crippen molar-refractivity contribution in [1.29, 1.82) is 0 Å². The van der Waals surface area contributed by atoms with Crippen molar-refractivity contribution in [1.82, 2.24) is 14.8 Å². The Morgan fingerprint density at radius 2 is 1.81 bits per heavy atom. The summed E-state index contributed by atoms with van der Waals surface area (Å²) in [6.07, 6.45) is 0. The normalized spacial score (nSPS) is 15.0. The van der Waals surface area contributed by atoms with Crippen molar-refractivity contribution in [3.05, 3.63) is 71.7 Å². The Hall–Kier alpha value is -3.08. The molecule has 0 atom stereocenters. The number of sulfonamides is 1. The lowest BCUT2D eigenvalue weighted by molar-refractivity contribution is 0.0730. The van der Waals surface area contributed by atoms with Gasteiger partial charge in [-0.2, -0.15) is 4.31 Å². The highest BCUT2D eigenvalue weighted by Crippen LogP contribution is 2.23. The van der Waals surface area contributed by atoms with Gasteiger partial charge in [-0.25, -0.2) is 12.8 Å². The van der Waals surface area contributed by atoms with Gasteiger partial charge in [-0.05, 0) is 29.8 Å². The van der Waals surface area contributed by atoms with E-state index in [0.29, 0.717) is 31.9 Å². The third-order valence-corrected chi connectivity index (χ3v) is 6.78. The van der Waals surface area contributed by atoms with Crippen molar-refractivity contribution < 1.29 is 26.9 Å². The summed E-state index contributed by atoms with van der Waals surface area (Å²) in [5.74, 6) is -0.810. The zero-order valence-corrected chi connectivity index (χ0v) is 17.3. The van der Waals surface area contributed by atoms with Crippen molar-refractivity contribution in [3.63, 3.8) is 0 Å². The molecule has 1 amide bonds. The molecule has 8 nitrogen and oxygen atoms in total. The summed E-state index contributed by atoms with van der Waals surface area (Å²) in [5.41, 5.74) is 0.947. The highest BCUT2D eigenvalue weighted by atomic mass is 32.2. The van der Waals surface area contributed by atoms with E-state index in [2.05, 4.69) is 10.5 Å². The monoisotopic (exact) mass is 445 g/mol. The molecule has 2 heterocycles. The van der Waals surface area contributed by atoms with Gasteiger partial charge >= 0.3 is 0 Å². The number of nitrogens with one attached hydrogen (secondary N) is 1. The Kier molecular flexibility index (Phi) is 6.12. The maximum absolute atomic E-state index is 13.9. The minimum atomic E-state index is -3.57. The lowest BCUT2D eigenvalue weighted by Gasteiger charge is -2.26. The van der Waals surface area contributed by atoms with Crippen molar-refractivity contribution in [3.8, 4) is 11.3 Å². The first-order chi connectivity index (χ1) is 14.9. The fraction of sp³-hybridized carbons (Fsp3) is 0.238. The van der Waals surface area contributed by atoms with E-state index >= 15 is 0 Å². The number of carbonyl (C=O) groups excluding carboxylic acids is 1. The Balaban J connectivity index is 1.38. The van der Waals surface area contributed by atoms with Gasteiger partial charge in [0.1, 0.15) is 5.82 Å². The molecule has 31 heavy (non-hydrogen) atoms. The van der Waals surface area contributed by atoms with Gasteiger partial charge in [-0.3, -0.25) is 4.79 Å². The number of carbonyl (C=O) groups is 1. The first-order valence-corrected chi connectivity index (χ1v) is 11.1. The molecule has 1 aliphatic heterocycles. The largest absolute Gasteiger partial charge is 0.379 e. The first kappa shape index (κ1) is 21.2. The smallest absolute Gasteiger partial charge is 0.273 e. The van der Waals surface area contributed by atoms with Gasteiger partial charge in [0.25, 0.3) is 5.91 Å². The molecule has 1 fully saturated rings. The van der Waals surface area contributed by atoms with Crippen LogP contribution in [0, 0.1) is 5.82 Å². The van der Waals surface area contributed by atoms with Crippen molar-refractivity contribution in [2.24, 2.45) is 0 Å². The summed E-state index contributed by atoms with van der Waals surface area (Å²) in [6, 6.07) is 13.7. The van der Waals surface area contributed by atoms with Crippen LogP contribution in [-0.4, -0.2) is 50.1 Å². The molecule has 0 radical (unpaired) electrons. The number of ether oxygens (including phenoxy) is 1. The van der Waals surface area contributed by atoms with E-state index in [0.717, 1.165) is 0 Å². The Morgan fingerprint density at radius 3 is 2.52 bits per heavy atom. The van der Waals surface area contributed by atoms with E-state index in [-0.39, 0.29) is 28.5 Å². The first-order valence-electron chi connectivity index (χ1n) is 9.62. The lowest BCUT2D eigenvalue weighted by atomic mass is 10.1. The predicted octanol–water partition coefficient (Wildman–Crippen LogP) is 2.43. The van der Waals surface area contributed by atoms with Gasteiger partial charge in [0.05, 0.1) is 23.7 Å². The molecule has 0 saturated carbocycles. The van der Waals surface area contributed by atoms with Crippen molar-refractivity contribution in [2.45, 2.75) is 11.4 Å². The summed E-state index contributed by atoms with van der Waals surface area (Å²) in [4.78, 5) is 12.5. The molecule has 3 aromatic rings. The molecular weight excluding hydrogens is 425 g/mol. The zero-order chi connectivity index (χ0) is 21.8. The highest BCUT2D eigenvalue weighted by molar-refractivity contribution is 7.89. The van der Waals surface area contributed by atoms with E-state index in [1.165, 1.54) is 34.6 Å². The maximum Gasteiger partial charge on any atom is 0.273 e. The number of aromatic nitrogens is 1. The number of nitrogens with zero attached hydrogens (tertiary/aromatic N) is 2. The average Bonchev–Trinajstić information content (AvgIpc) is 3.29. The molecule has 0 bridgehead atoms. The lowest BCUT2D eigenvalue weighted by Crippen LogP contribution is -2.40. The van der Waals surface area contributed by atoms with Gasteiger partial charge < -0.3 is 14.6 Å². The minimum Gasteiger partial charge on any atom is -0.379 e. The Bertz CT molecular complexity index is 1170. The molecule has 2 aromatic carbocycles. The van der Waals surface area contributed by atoms with Gasteiger partial charge in [-0.15, -0.1) is 0 Å². The van der Waals surface area contributed by atoms with Crippen LogP contribution in [-0.2, 0) is 21.3 Å². The second-order valence-corrected chi connectivity index (χ2v) is 8.84. The van der Waals surface area contributed by atoms with Gasteiger partial charge in [0, 0.05) is 25.7 Å². The molecule has 1 N–H and O–H groups in total. The Morgan fingerprint density at radius 1 is 1.10 bits per heavy atom. The fourth-order valence-electron chi connectivity index (χ4n) is 3.16. The van der Waals surface area contributed by atoms with E-state index in [1.807, 2.05) is 0 Å². The van der Waals surface area contributed by atoms with E-state index in [1.54, 1.807) is 24.3 Å². The minimum absolute atomic E-state index is 0.0183. The molecular formula is C21H20FN3O5S. The standard InChI is InChI=1S/C21H20FN3O5S/c22-18-4-2-1-3-17(18)20-13-19(24-30-20)21(26)23-14-15-5-7-16(8-6-15)31(27,28)25-9-11-29-12-10-25/h1-8,13H,9-12,14H2,(H,23,26). The van der Waals surface area contributed by atoms with Crippen LogP contribution in [0.5, 0.6) is 0 Å². The maximum atomic E-state index is 13.9. The second-order valence-electron chi connectivity index (χ2n) is 6.90. The summed E-state index contributed by atoms with van der Waals surface area (Å²) in [7, 11) is -3.57. The SMILES string of the molecule is O=C(NCc1ccc(S(=O)(=O)N2CCOCC2)cc1)c1cc(-c2ccccc2F)on1. The third-order valence-electron chi connectivity index (χ3n) is 4.87. The Labute approximate surface area is 178 Å². The summed E-state index contributed by atoms with van der Waals surface area (Å²) in [5, 5.41) is 6.38. The number of morpholine rings is 1. The molecule has 0 unspecified atom stereocenters. The average molecular weight is 445 g/mol. The number of halogens is 1. The van der Waals surface area contributed by atoms with E-state index in [4.69, 9.17) is 9.26 Å². The predicted molar refractivity (Wildman–Crippen MR) is 109 cm³/mol.